The molecule has 0 bridgehead atoms. The minimum atomic E-state index is -0.177. The van der Waals surface area contributed by atoms with Gasteiger partial charge >= 0.3 is 0 Å². The largest absolute Gasteiger partial charge is 0.306 e. The standard InChI is InChI=1S/C17H19N5OS/c1-2-3-4-5-15-20-21-17(24-15)19-16(23)13-6-8-14(9-7-13)22-11-10-18-12-22/h6-12H,2-5H2,1H3,(H,19,21,23). The average molecular weight is 341 g/mol. The molecule has 2 heterocycles. The van der Waals surface area contributed by atoms with E-state index in [9.17, 15) is 4.79 Å². The van der Waals surface area contributed by atoms with E-state index in [1.807, 2.05) is 22.9 Å². The molecular formula is C17H19N5OS. The van der Waals surface area contributed by atoms with Crippen LogP contribution in [0.25, 0.3) is 5.69 Å². The molecule has 0 saturated heterocycles. The third kappa shape index (κ3) is 4.05. The summed E-state index contributed by atoms with van der Waals surface area (Å²) in [4.78, 5) is 16.3. The number of rotatable bonds is 7. The number of nitrogens with one attached hydrogen (secondary N) is 1. The Labute approximate surface area is 144 Å². The molecule has 0 spiro atoms. The SMILES string of the molecule is CCCCCc1nnc(NC(=O)c2ccc(-n3ccnc3)cc2)s1. The number of unbranched alkanes of at least 4 members (excludes halogenated alkanes) is 2. The van der Waals surface area contributed by atoms with Crippen molar-refractivity contribution >= 4 is 22.4 Å². The topological polar surface area (TPSA) is 72.7 Å². The van der Waals surface area contributed by atoms with Gasteiger partial charge in [0.15, 0.2) is 0 Å². The number of carbonyl (C=O) groups is 1. The highest BCUT2D eigenvalue weighted by atomic mass is 32.1. The number of anilines is 1. The van der Waals surface area contributed by atoms with Crippen molar-refractivity contribution in [1.29, 1.82) is 0 Å². The van der Waals surface area contributed by atoms with Gasteiger partial charge in [-0.25, -0.2) is 4.98 Å². The quantitative estimate of drug-likeness (QED) is 0.665. The van der Waals surface area contributed by atoms with E-state index < -0.39 is 0 Å². The number of benzene rings is 1. The lowest BCUT2D eigenvalue weighted by Crippen LogP contribution is -2.11. The van der Waals surface area contributed by atoms with Crippen molar-refractivity contribution in [2.75, 3.05) is 5.32 Å². The first-order chi connectivity index (χ1) is 11.8. The Hall–Kier alpha value is -2.54. The zero-order valence-electron chi connectivity index (χ0n) is 13.5. The van der Waals surface area contributed by atoms with Gasteiger partial charge in [-0.2, -0.15) is 0 Å². The molecule has 0 aliphatic heterocycles. The van der Waals surface area contributed by atoms with Crippen LogP contribution in [-0.4, -0.2) is 25.7 Å². The molecular weight excluding hydrogens is 322 g/mol. The summed E-state index contributed by atoms with van der Waals surface area (Å²) < 4.78 is 1.88. The van der Waals surface area contributed by atoms with E-state index in [-0.39, 0.29) is 5.91 Å². The second-order valence-electron chi connectivity index (χ2n) is 5.43. The number of hydrogen-bond donors (Lipinski definition) is 1. The molecule has 1 N–H and O–H groups in total. The fourth-order valence-corrected chi connectivity index (χ4v) is 3.07. The van der Waals surface area contributed by atoms with Crippen molar-refractivity contribution in [1.82, 2.24) is 19.7 Å². The molecule has 1 amide bonds. The molecule has 3 aromatic rings. The van der Waals surface area contributed by atoms with E-state index in [0.717, 1.165) is 23.5 Å². The highest BCUT2D eigenvalue weighted by Crippen LogP contribution is 2.18. The number of carbonyl (C=O) groups excluding carboxylic acids is 1. The molecule has 0 saturated carbocycles. The van der Waals surface area contributed by atoms with Gasteiger partial charge in [-0.15, -0.1) is 10.2 Å². The maximum Gasteiger partial charge on any atom is 0.257 e. The maximum atomic E-state index is 12.3. The van der Waals surface area contributed by atoms with Gasteiger partial charge in [0.25, 0.3) is 5.91 Å². The van der Waals surface area contributed by atoms with E-state index in [1.165, 1.54) is 24.2 Å². The Balaban J connectivity index is 1.60. The minimum Gasteiger partial charge on any atom is -0.306 e. The molecule has 0 fully saturated rings. The fourth-order valence-electron chi connectivity index (χ4n) is 2.30. The molecule has 0 aliphatic rings. The van der Waals surface area contributed by atoms with Crippen LogP contribution in [0.15, 0.2) is 43.0 Å². The molecule has 0 radical (unpaired) electrons. The minimum absolute atomic E-state index is 0.177. The predicted molar refractivity (Wildman–Crippen MR) is 94.7 cm³/mol. The zero-order chi connectivity index (χ0) is 16.8. The number of nitrogens with zero attached hydrogens (tertiary/aromatic N) is 4. The smallest absolute Gasteiger partial charge is 0.257 e. The van der Waals surface area contributed by atoms with Crippen LogP contribution >= 0.6 is 11.3 Å². The summed E-state index contributed by atoms with van der Waals surface area (Å²) in [6.45, 7) is 2.17. The van der Waals surface area contributed by atoms with Crippen molar-refractivity contribution in [3.8, 4) is 5.69 Å². The first-order valence-corrected chi connectivity index (χ1v) is 8.80. The third-order valence-electron chi connectivity index (χ3n) is 3.61. The van der Waals surface area contributed by atoms with Crippen LogP contribution in [-0.2, 0) is 6.42 Å². The van der Waals surface area contributed by atoms with Gasteiger partial charge in [-0.05, 0) is 30.7 Å². The van der Waals surface area contributed by atoms with Crippen LogP contribution in [0.3, 0.4) is 0 Å². The van der Waals surface area contributed by atoms with Gasteiger partial charge in [-0.1, -0.05) is 31.1 Å². The molecule has 24 heavy (non-hydrogen) atoms. The van der Waals surface area contributed by atoms with Crippen LogP contribution in [0, 0.1) is 0 Å². The van der Waals surface area contributed by atoms with Gasteiger partial charge in [0.2, 0.25) is 5.13 Å². The maximum absolute atomic E-state index is 12.3. The van der Waals surface area contributed by atoms with Crippen molar-refractivity contribution in [2.45, 2.75) is 32.6 Å². The summed E-state index contributed by atoms with van der Waals surface area (Å²) in [5.74, 6) is -0.177. The molecule has 2 aromatic heterocycles. The molecule has 1 aromatic carbocycles. The lowest BCUT2D eigenvalue weighted by Gasteiger charge is -2.04. The molecule has 124 valence electrons. The summed E-state index contributed by atoms with van der Waals surface area (Å²) in [6.07, 6.45) is 9.68. The summed E-state index contributed by atoms with van der Waals surface area (Å²) in [7, 11) is 0. The van der Waals surface area contributed by atoms with E-state index in [1.54, 1.807) is 24.7 Å². The van der Waals surface area contributed by atoms with Crippen LogP contribution < -0.4 is 5.32 Å². The lowest BCUT2D eigenvalue weighted by molar-refractivity contribution is 0.102. The van der Waals surface area contributed by atoms with Crippen molar-refractivity contribution in [3.05, 3.63) is 53.6 Å². The first-order valence-electron chi connectivity index (χ1n) is 7.98. The van der Waals surface area contributed by atoms with Gasteiger partial charge < -0.3 is 4.57 Å². The lowest BCUT2D eigenvalue weighted by atomic mass is 10.2. The fraction of sp³-hybridized carbons (Fsp3) is 0.294. The van der Waals surface area contributed by atoms with Crippen LogP contribution in [0.5, 0.6) is 0 Å². The van der Waals surface area contributed by atoms with E-state index in [2.05, 4.69) is 27.4 Å². The number of aryl methyl sites for hydroxylation is 1. The summed E-state index contributed by atoms with van der Waals surface area (Å²) in [5.41, 5.74) is 1.54. The van der Waals surface area contributed by atoms with Crippen molar-refractivity contribution in [3.63, 3.8) is 0 Å². The molecule has 6 nitrogen and oxygen atoms in total. The highest BCUT2D eigenvalue weighted by molar-refractivity contribution is 7.15. The monoisotopic (exact) mass is 341 g/mol. The predicted octanol–water partition coefficient (Wildman–Crippen LogP) is 3.71. The number of aromatic nitrogens is 4. The Morgan fingerprint density at radius 2 is 2.04 bits per heavy atom. The number of amides is 1. The molecule has 0 atom stereocenters. The normalized spacial score (nSPS) is 10.7. The summed E-state index contributed by atoms with van der Waals surface area (Å²) >= 11 is 1.44. The Kier molecular flexibility index (Phi) is 5.32. The molecule has 0 aliphatic carbocycles. The van der Waals surface area contributed by atoms with Crippen molar-refractivity contribution < 1.29 is 4.79 Å². The highest BCUT2D eigenvalue weighted by Gasteiger charge is 2.10. The second kappa shape index (κ2) is 7.83. The molecule has 3 rings (SSSR count). The van der Waals surface area contributed by atoms with E-state index >= 15 is 0 Å². The van der Waals surface area contributed by atoms with Gasteiger partial charge in [0.05, 0.1) is 6.33 Å². The first kappa shape index (κ1) is 16.3. The van der Waals surface area contributed by atoms with E-state index in [4.69, 9.17) is 0 Å². The second-order valence-corrected chi connectivity index (χ2v) is 6.49. The van der Waals surface area contributed by atoms with Crippen LogP contribution in [0.4, 0.5) is 5.13 Å². The number of imidazole rings is 1. The number of hydrogen-bond acceptors (Lipinski definition) is 5. The summed E-state index contributed by atoms with van der Waals surface area (Å²) in [6, 6.07) is 7.33. The Morgan fingerprint density at radius 3 is 2.75 bits per heavy atom. The summed E-state index contributed by atoms with van der Waals surface area (Å²) in [5, 5.41) is 12.5. The van der Waals surface area contributed by atoms with Crippen molar-refractivity contribution in [2.24, 2.45) is 0 Å². The van der Waals surface area contributed by atoms with Gasteiger partial charge in [-0.3, -0.25) is 10.1 Å². The molecule has 0 unspecified atom stereocenters. The van der Waals surface area contributed by atoms with Crippen LogP contribution in [0.1, 0.15) is 41.6 Å². The average Bonchev–Trinajstić information content (AvgIpc) is 3.27. The van der Waals surface area contributed by atoms with Gasteiger partial charge in [0.1, 0.15) is 5.01 Å². The zero-order valence-corrected chi connectivity index (χ0v) is 14.3. The van der Waals surface area contributed by atoms with Crippen LogP contribution in [0.2, 0.25) is 0 Å². The van der Waals surface area contributed by atoms with E-state index in [0.29, 0.717) is 10.7 Å². The Bertz CT molecular complexity index is 780. The Morgan fingerprint density at radius 1 is 1.21 bits per heavy atom. The third-order valence-corrected chi connectivity index (χ3v) is 4.51. The van der Waals surface area contributed by atoms with Gasteiger partial charge in [0, 0.05) is 30.1 Å². The molecule has 7 heteroatoms.